The van der Waals surface area contributed by atoms with Crippen molar-refractivity contribution in [3.8, 4) is 17.2 Å². The third-order valence-corrected chi connectivity index (χ3v) is 16.2. The van der Waals surface area contributed by atoms with Crippen LogP contribution in [0.1, 0.15) is 0 Å². The maximum absolute atomic E-state index is 16.3. The number of aromatic nitrogens is 1. The Kier molecular flexibility index (Phi) is 8.72. The van der Waals surface area contributed by atoms with Crippen molar-refractivity contribution < 1.29 is 13.9 Å². The van der Waals surface area contributed by atoms with E-state index < -0.39 is 14.3 Å². The van der Waals surface area contributed by atoms with E-state index in [0.29, 0.717) is 43.3 Å². The van der Waals surface area contributed by atoms with Crippen LogP contribution >= 0.6 is 14.3 Å². The predicted octanol–water partition coefficient (Wildman–Crippen LogP) is 9.85. The summed E-state index contributed by atoms with van der Waals surface area (Å²) in [7, 11) is -7.00. The second kappa shape index (κ2) is 14.0. The number of hydrogen-bond acceptors (Lipinski definition) is 3. The standard InChI is InChI=1S/C48H35NO3P2/c50-53(37-19-5-1-6-20-37,38-21-7-2-8-22-38)47-32-18-17-31-45(47)52-46-34-33-36(49-43-29-15-13-27-41(43)42-28-14-16-30-44(42)49)35-48(46)54(51,39-23-9-3-10-24-39)40-25-11-4-12-26-40/h1-35H. The van der Waals surface area contributed by atoms with Crippen molar-refractivity contribution in [2.75, 3.05) is 0 Å². The minimum Gasteiger partial charge on any atom is -0.456 e. The van der Waals surface area contributed by atoms with Crippen LogP contribution in [0, 0.1) is 0 Å². The molecule has 1 aromatic heterocycles. The first-order valence-electron chi connectivity index (χ1n) is 17.9. The molecule has 0 N–H and O–H groups in total. The van der Waals surface area contributed by atoms with Crippen LogP contribution < -0.4 is 36.6 Å². The van der Waals surface area contributed by atoms with Crippen molar-refractivity contribution in [2.24, 2.45) is 0 Å². The second-order valence-corrected chi connectivity index (χ2v) is 18.6. The summed E-state index contributed by atoms with van der Waals surface area (Å²) in [4.78, 5) is 0. The monoisotopic (exact) mass is 735 g/mol. The zero-order valence-electron chi connectivity index (χ0n) is 29.3. The number of fused-ring (bicyclic) bond motifs is 3. The molecule has 9 aromatic rings. The van der Waals surface area contributed by atoms with Crippen LogP contribution in [0.4, 0.5) is 0 Å². The summed E-state index contributed by atoms with van der Waals surface area (Å²) < 4.78 is 41.2. The highest BCUT2D eigenvalue weighted by Gasteiger charge is 2.36. The van der Waals surface area contributed by atoms with E-state index in [9.17, 15) is 0 Å². The summed E-state index contributed by atoms with van der Waals surface area (Å²) in [6, 6.07) is 68.6. The molecule has 260 valence electrons. The lowest BCUT2D eigenvalue weighted by molar-refractivity contribution is 0.489. The smallest absolute Gasteiger partial charge is 0.174 e. The highest BCUT2D eigenvalue weighted by molar-refractivity contribution is 7.86. The molecule has 54 heavy (non-hydrogen) atoms. The summed E-state index contributed by atoms with van der Waals surface area (Å²) in [5.74, 6) is 0.864. The molecule has 0 fully saturated rings. The second-order valence-electron chi connectivity index (χ2n) is 13.2. The fourth-order valence-corrected chi connectivity index (χ4v) is 13.1. The van der Waals surface area contributed by atoms with Crippen LogP contribution in [-0.4, -0.2) is 4.57 Å². The Bertz CT molecular complexity index is 2710. The van der Waals surface area contributed by atoms with Gasteiger partial charge in [-0.2, -0.15) is 0 Å². The van der Waals surface area contributed by atoms with Gasteiger partial charge in [0, 0.05) is 37.7 Å². The topological polar surface area (TPSA) is 48.3 Å². The van der Waals surface area contributed by atoms with Crippen LogP contribution in [0.15, 0.2) is 212 Å². The van der Waals surface area contributed by atoms with Gasteiger partial charge in [-0.25, -0.2) is 0 Å². The average molecular weight is 736 g/mol. The summed E-state index contributed by atoms with van der Waals surface area (Å²) in [5.41, 5.74) is 2.95. The molecule has 0 spiro atoms. The fraction of sp³-hybridized carbons (Fsp3) is 0. The number of rotatable bonds is 9. The molecule has 8 aromatic carbocycles. The van der Waals surface area contributed by atoms with Gasteiger partial charge < -0.3 is 18.4 Å². The molecule has 4 nitrogen and oxygen atoms in total. The summed E-state index contributed by atoms with van der Waals surface area (Å²) in [6.07, 6.45) is 0. The normalized spacial score (nSPS) is 11.9. The SMILES string of the molecule is O=P(c1ccccc1)(c1ccccc1)c1ccccc1Oc1ccc(-n2c3ccccc3c3ccccc32)cc1P(=O)(c1ccccc1)c1ccccc1. The van der Waals surface area contributed by atoms with Gasteiger partial charge in [0.1, 0.15) is 11.5 Å². The quantitative estimate of drug-likeness (QED) is 0.139. The maximum atomic E-state index is 16.3. The molecule has 0 saturated heterocycles. The number of ether oxygens (including phenoxy) is 1. The number of benzene rings is 8. The molecular formula is C48H35NO3P2. The van der Waals surface area contributed by atoms with Gasteiger partial charge in [0.25, 0.3) is 0 Å². The van der Waals surface area contributed by atoms with E-state index >= 15 is 9.13 Å². The zero-order valence-corrected chi connectivity index (χ0v) is 31.1. The van der Waals surface area contributed by atoms with E-state index in [1.807, 2.05) is 176 Å². The molecule has 0 aliphatic rings. The van der Waals surface area contributed by atoms with Crippen molar-refractivity contribution >= 4 is 67.9 Å². The largest absolute Gasteiger partial charge is 0.456 e. The third kappa shape index (κ3) is 5.63. The highest BCUT2D eigenvalue weighted by atomic mass is 31.2. The molecule has 0 aliphatic heterocycles. The minimum atomic E-state index is -3.58. The van der Waals surface area contributed by atoms with E-state index in [-0.39, 0.29) is 0 Å². The highest BCUT2D eigenvalue weighted by Crippen LogP contribution is 2.49. The van der Waals surface area contributed by atoms with Gasteiger partial charge in [0.2, 0.25) is 0 Å². The van der Waals surface area contributed by atoms with Gasteiger partial charge in [-0.05, 0) is 42.5 Å². The van der Waals surface area contributed by atoms with E-state index in [4.69, 9.17) is 4.74 Å². The summed E-state index contributed by atoms with van der Waals surface area (Å²) >= 11 is 0. The van der Waals surface area contributed by atoms with Crippen molar-refractivity contribution in [3.63, 3.8) is 0 Å². The van der Waals surface area contributed by atoms with Gasteiger partial charge in [-0.15, -0.1) is 0 Å². The Morgan fingerprint density at radius 1 is 0.352 bits per heavy atom. The minimum absolute atomic E-state index is 0.427. The van der Waals surface area contributed by atoms with Crippen molar-refractivity contribution in [3.05, 3.63) is 212 Å². The first-order valence-corrected chi connectivity index (χ1v) is 21.3. The Labute approximate surface area is 314 Å². The lowest BCUT2D eigenvalue weighted by Crippen LogP contribution is -2.28. The molecule has 0 saturated carbocycles. The molecule has 9 rings (SSSR count). The number of hydrogen-bond donors (Lipinski definition) is 0. The summed E-state index contributed by atoms with van der Waals surface area (Å²) in [6.45, 7) is 0. The average Bonchev–Trinajstić information content (AvgIpc) is 3.59. The van der Waals surface area contributed by atoms with Crippen molar-refractivity contribution in [1.82, 2.24) is 4.57 Å². The van der Waals surface area contributed by atoms with Crippen molar-refractivity contribution in [2.45, 2.75) is 0 Å². The van der Waals surface area contributed by atoms with E-state index in [0.717, 1.165) is 27.5 Å². The van der Waals surface area contributed by atoms with Crippen LogP contribution in [-0.2, 0) is 9.13 Å². The maximum Gasteiger partial charge on any atom is 0.174 e. The zero-order chi connectivity index (χ0) is 36.5. The molecule has 0 unspecified atom stereocenters. The van der Waals surface area contributed by atoms with Crippen LogP contribution in [0.3, 0.4) is 0 Å². The molecule has 0 aliphatic carbocycles. The Morgan fingerprint density at radius 3 is 1.20 bits per heavy atom. The Balaban J connectivity index is 1.31. The Hall–Kier alpha value is -6.18. The first kappa shape index (κ1) is 33.6. The lowest BCUT2D eigenvalue weighted by atomic mass is 10.2. The van der Waals surface area contributed by atoms with Crippen LogP contribution in [0.25, 0.3) is 27.5 Å². The molecular weight excluding hydrogens is 700 g/mol. The fourth-order valence-electron chi connectivity index (χ4n) is 7.51. The lowest BCUT2D eigenvalue weighted by Gasteiger charge is -2.26. The first-order chi connectivity index (χ1) is 26.6. The van der Waals surface area contributed by atoms with Gasteiger partial charge in [-0.1, -0.05) is 170 Å². The van der Waals surface area contributed by atoms with Gasteiger partial charge in [-0.3, -0.25) is 0 Å². The van der Waals surface area contributed by atoms with E-state index in [1.54, 1.807) is 0 Å². The van der Waals surface area contributed by atoms with Crippen LogP contribution in [0.2, 0.25) is 0 Å². The third-order valence-electron chi connectivity index (χ3n) is 10.0. The van der Waals surface area contributed by atoms with Crippen molar-refractivity contribution in [1.29, 1.82) is 0 Å². The molecule has 0 radical (unpaired) electrons. The van der Waals surface area contributed by atoms with Crippen LogP contribution in [0.5, 0.6) is 11.5 Å². The number of nitrogens with zero attached hydrogens (tertiary/aromatic N) is 1. The Morgan fingerprint density at radius 2 is 0.722 bits per heavy atom. The van der Waals surface area contributed by atoms with Gasteiger partial charge in [0.15, 0.2) is 14.3 Å². The predicted molar refractivity (Wildman–Crippen MR) is 226 cm³/mol. The molecule has 0 amide bonds. The van der Waals surface area contributed by atoms with Gasteiger partial charge in [0.05, 0.1) is 21.6 Å². The van der Waals surface area contributed by atoms with Gasteiger partial charge >= 0.3 is 0 Å². The molecule has 1 heterocycles. The molecule has 0 atom stereocenters. The summed E-state index contributed by atoms with van der Waals surface area (Å²) in [5, 5.41) is 6.16. The molecule has 6 heteroatoms. The van der Waals surface area contributed by atoms with E-state index in [1.165, 1.54) is 0 Å². The number of para-hydroxylation sites is 3. The van der Waals surface area contributed by atoms with E-state index in [2.05, 4.69) is 41.0 Å². The molecule has 0 bridgehead atoms.